The third-order valence-electron chi connectivity index (χ3n) is 3.32. The smallest absolute Gasteiger partial charge is 0.161 e. The maximum Gasteiger partial charge on any atom is 0.161 e. The molecule has 0 bridgehead atoms. The summed E-state index contributed by atoms with van der Waals surface area (Å²) in [7, 11) is 2.98. The van der Waals surface area contributed by atoms with Gasteiger partial charge in [0, 0.05) is 11.6 Å². The molecule has 0 saturated carbocycles. The number of hydrogen-bond acceptors (Lipinski definition) is 3. The molecule has 0 aliphatic carbocycles. The zero-order valence-corrected chi connectivity index (χ0v) is 12.0. The van der Waals surface area contributed by atoms with Gasteiger partial charge in [0.25, 0.3) is 0 Å². The molecule has 0 radical (unpaired) electrons. The van der Waals surface area contributed by atoms with Crippen molar-refractivity contribution in [2.45, 2.75) is 13.0 Å². The summed E-state index contributed by atoms with van der Waals surface area (Å²) >= 11 is 0. The quantitative estimate of drug-likeness (QED) is 0.939. The summed E-state index contributed by atoms with van der Waals surface area (Å²) in [5.74, 6) is -0.533. The van der Waals surface area contributed by atoms with Gasteiger partial charge in [0.1, 0.15) is 17.7 Å². The van der Waals surface area contributed by atoms with E-state index in [0.29, 0.717) is 22.6 Å². The van der Waals surface area contributed by atoms with Gasteiger partial charge in [0.15, 0.2) is 11.5 Å². The first-order chi connectivity index (χ1) is 9.97. The second kappa shape index (κ2) is 6.10. The lowest BCUT2D eigenvalue weighted by molar-refractivity contribution is 0.213. The van der Waals surface area contributed by atoms with Crippen molar-refractivity contribution >= 4 is 0 Å². The third kappa shape index (κ3) is 2.97. The Balaban J connectivity index is 2.50. The Morgan fingerprint density at radius 3 is 2.14 bits per heavy atom. The van der Waals surface area contributed by atoms with E-state index in [-0.39, 0.29) is 5.56 Å². The van der Waals surface area contributed by atoms with Crippen LogP contribution in [0.4, 0.5) is 8.78 Å². The van der Waals surface area contributed by atoms with Gasteiger partial charge >= 0.3 is 0 Å². The molecule has 21 heavy (non-hydrogen) atoms. The van der Waals surface area contributed by atoms with E-state index in [9.17, 15) is 13.9 Å². The maximum atomic E-state index is 13.8. The number of methoxy groups -OCH3 is 2. The molecule has 2 aromatic rings. The standard InChI is InChI=1S/C16H16F2O3/c1-9-6-14(20-2)15(21-3)8-12(9)16(19)11-5-4-10(17)7-13(11)18/h4-8,16,19H,1-3H3. The molecule has 0 spiro atoms. The molecule has 2 aromatic carbocycles. The topological polar surface area (TPSA) is 38.7 Å². The first-order valence-electron chi connectivity index (χ1n) is 6.33. The molecule has 0 aromatic heterocycles. The second-order valence-electron chi connectivity index (χ2n) is 4.63. The fourth-order valence-corrected chi connectivity index (χ4v) is 2.18. The van der Waals surface area contributed by atoms with Gasteiger partial charge in [-0.3, -0.25) is 0 Å². The molecule has 112 valence electrons. The SMILES string of the molecule is COc1cc(C)c(C(O)c2ccc(F)cc2F)cc1OC. The van der Waals surface area contributed by atoms with Crippen LogP contribution in [0.15, 0.2) is 30.3 Å². The van der Waals surface area contributed by atoms with Crippen LogP contribution in [-0.2, 0) is 0 Å². The van der Waals surface area contributed by atoms with Crippen LogP contribution >= 0.6 is 0 Å². The van der Waals surface area contributed by atoms with Crippen LogP contribution in [-0.4, -0.2) is 19.3 Å². The summed E-state index contributed by atoms with van der Waals surface area (Å²) in [4.78, 5) is 0. The van der Waals surface area contributed by atoms with E-state index in [1.807, 2.05) is 0 Å². The molecule has 0 aliphatic heterocycles. The minimum atomic E-state index is -1.22. The van der Waals surface area contributed by atoms with Gasteiger partial charge in [-0.05, 0) is 36.2 Å². The van der Waals surface area contributed by atoms with Crippen LogP contribution in [0.1, 0.15) is 22.8 Å². The van der Waals surface area contributed by atoms with E-state index in [0.717, 1.165) is 12.1 Å². The van der Waals surface area contributed by atoms with E-state index >= 15 is 0 Å². The lowest BCUT2D eigenvalue weighted by Crippen LogP contribution is -2.06. The predicted octanol–water partition coefficient (Wildman–Crippen LogP) is 3.37. The van der Waals surface area contributed by atoms with E-state index < -0.39 is 17.7 Å². The first kappa shape index (κ1) is 15.3. The van der Waals surface area contributed by atoms with Crippen LogP contribution in [0.25, 0.3) is 0 Å². The Bertz CT molecular complexity index is 656. The van der Waals surface area contributed by atoms with Crippen molar-refractivity contribution in [3.8, 4) is 11.5 Å². The number of benzene rings is 2. The number of aliphatic hydroxyl groups is 1. The number of ether oxygens (including phenoxy) is 2. The van der Waals surface area contributed by atoms with Crippen molar-refractivity contribution in [1.82, 2.24) is 0 Å². The highest BCUT2D eigenvalue weighted by molar-refractivity contribution is 5.49. The highest BCUT2D eigenvalue weighted by Crippen LogP contribution is 2.35. The number of rotatable bonds is 4. The lowest BCUT2D eigenvalue weighted by Gasteiger charge is -2.18. The minimum absolute atomic E-state index is 0.00622. The molecule has 0 fully saturated rings. The van der Waals surface area contributed by atoms with Crippen molar-refractivity contribution in [1.29, 1.82) is 0 Å². The molecule has 0 aliphatic rings. The fourth-order valence-electron chi connectivity index (χ4n) is 2.18. The molecule has 1 unspecified atom stereocenters. The van der Waals surface area contributed by atoms with E-state index in [4.69, 9.17) is 9.47 Å². The number of halogens is 2. The summed E-state index contributed by atoms with van der Waals surface area (Å²) in [5.41, 5.74) is 1.19. The van der Waals surface area contributed by atoms with Crippen LogP contribution in [0.3, 0.4) is 0 Å². The largest absolute Gasteiger partial charge is 0.493 e. The highest BCUT2D eigenvalue weighted by Gasteiger charge is 2.20. The van der Waals surface area contributed by atoms with Gasteiger partial charge in [-0.25, -0.2) is 8.78 Å². The zero-order chi connectivity index (χ0) is 15.6. The van der Waals surface area contributed by atoms with Crippen LogP contribution in [0.5, 0.6) is 11.5 Å². The summed E-state index contributed by atoms with van der Waals surface area (Å²) in [6.07, 6.45) is -1.22. The molecule has 2 rings (SSSR count). The van der Waals surface area contributed by atoms with Gasteiger partial charge in [0.2, 0.25) is 0 Å². The summed E-state index contributed by atoms with van der Waals surface area (Å²) < 4.78 is 37.1. The summed E-state index contributed by atoms with van der Waals surface area (Å²) in [6, 6.07) is 6.36. The molecule has 5 heteroatoms. The predicted molar refractivity (Wildman–Crippen MR) is 74.7 cm³/mol. The second-order valence-corrected chi connectivity index (χ2v) is 4.63. The number of aryl methyl sites for hydroxylation is 1. The average Bonchev–Trinajstić information content (AvgIpc) is 2.46. The van der Waals surface area contributed by atoms with Gasteiger partial charge in [-0.2, -0.15) is 0 Å². The van der Waals surface area contributed by atoms with Crippen LogP contribution in [0.2, 0.25) is 0 Å². The third-order valence-corrected chi connectivity index (χ3v) is 3.32. The van der Waals surface area contributed by atoms with Crippen molar-refractivity contribution < 1.29 is 23.4 Å². The number of aliphatic hydroxyl groups excluding tert-OH is 1. The zero-order valence-electron chi connectivity index (χ0n) is 12.0. The molecular weight excluding hydrogens is 278 g/mol. The monoisotopic (exact) mass is 294 g/mol. The lowest BCUT2D eigenvalue weighted by atomic mass is 9.96. The molecule has 1 N–H and O–H groups in total. The summed E-state index contributed by atoms with van der Waals surface area (Å²) in [6.45, 7) is 1.77. The Kier molecular flexibility index (Phi) is 4.43. The molecule has 0 amide bonds. The number of hydrogen-bond donors (Lipinski definition) is 1. The molecule has 0 saturated heterocycles. The molecule has 3 nitrogen and oxygen atoms in total. The maximum absolute atomic E-state index is 13.8. The van der Waals surface area contributed by atoms with Gasteiger partial charge in [-0.1, -0.05) is 6.07 Å². The fraction of sp³-hybridized carbons (Fsp3) is 0.250. The molecule has 0 heterocycles. The Morgan fingerprint density at radius 1 is 0.952 bits per heavy atom. The van der Waals surface area contributed by atoms with Crippen LogP contribution < -0.4 is 9.47 Å². The van der Waals surface area contributed by atoms with Gasteiger partial charge < -0.3 is 14.6 Å². The normalized spacial score (nSPS) is 12.1. The Morgan fingerprint density at radius 2 is 1.57 bits per heavy atom. The average molecular weight is 294 g/mol. The summed E-state index contributed by atoms with van der Waals surface area (Å²) in [5, 5.41) is 10.4. The van der Waals surface area contributed by atoms with E-state index in [1.165, 1.54) is 20.3 Å². The van der Waals surface area contributed by atoms with Crippen molar-refractivity contribution in [3.05, 3.63) is 58.7 Å². The van der Waals surface area contributed by atoms with Gasteiger partial charge in [0.05, 0.1) is 14.2 Å². The first-order valence-corrected chi connectivity index (χ1v) is 6.33. The Hall–Kier alpha value is -2.14. The van der Waals surface area contributed by atoms with Gasteiger partial charge in [-0.15, -0.1) is 0 Å². The molecular formula is C16H16F2O3. The van der Waals surface area contributed by atoms with Crippen molar-refractivity contribution in [3.63, 3.8) is 0 Å². The highest BCUT2D eigenvalue weighted by atomic mass is 19.1. The van der Waals surface area contributed by atoms with E-state index in [1.54, 1.807) is 19.1 Å². The Labute approximate surface area is 121 Å². The van der Waals surface area contributed by atoms with Crippen molar-refractivity contribution in [2.24, 2.45) is 0 Å². The molecule has 1 atom stereocenters. The van der Waals surface area contributed by atoms with Crippen LogP contribution in [0, 0.1) is 18.6 Å². The van der Waals surface area contributed by atoms with Crippen molar-refractivity contribution in [2.75, 3.05) is 14.2 Å². The minimum Gasteiger partial charge on any atom is -0.493 e. The van der Waals surface area contributed by atoms with E-state index in [2.05, 4.69) is 0 Å².